The Hall–Kier alpha value is -2.38. The first kappa shape index (κ1) is 19.0. The summed E-state index contributed by atoms with van der Waals surface area (Å²) >= 11 is 0. The summed E-state index contributed by atoms with van der Waals surface area (Å²) in [5.74, 6) is 0.555. The Morgan fingerprint density at radius 1 is 1.40 bits per heavy atom. The summed E-state index contributed by atoms with van der Waals surface area (Å²) < 4.78 is 1.65. The van der Waals surface area contributed by atoms with Gasteiger partial charge < -0.3 is 15.5 Å². The molecule has 0 radical (unpaired) electrons. The van der Waals surface area contributed by atoms with Crippen LogP contribution in [0.3, 0.4) is 0 Å². The van der Waals surface area contributed by atoms with Crippen LogP contribution < -0.4 is 10.6 Å². The molecule has 2 rings (SSSR count). The number of carbonyl (C=O) groups excluding carboxylic acids is 3. The molecule has 8 heteroatoms. The summed E-state index contributed by atoms with van der Waals surface area (Å²) in [5.41, 5.74) is 0. The van der Waals surface area contributed by atoms with Crippen LogP contribution in [0, 0.1) is 0 Å². The van der Waals surface area contributed by atoms with Gasteiger partial charge in [-0.1, -0.05) is 0 Å². The summed E-state index contributed by atoms with van der Waals surface area (Å²) in [7, 11) is 3.44. The SMILES string of the molecule is CN(C)C(=O)CCn1ccc(NC(=O)CCCC2CCCC(=O)N2)n1. The molecule has 2 heterocycles. The Morgan fingerprint density at radius 2 is 2.20 bits per heavy atom. The molecular weight excluding hydrogens is 322 g/mol. The minimum absolute atomic E-state index is 0.0379. The van der Waals surface area contributed by atoms with E-state index in [1.165, 1.54) is 0 Å². The van der Waals surface area contributed by atoms with Crippen molar-refractivity contribution in [3.8, 4) is 0 Å². The second-order valence-electron chi connectivity index (χ2n) is 6.60. The molecule has 1 aromatic rings. The highest BCUT2D eigenvalue weighted by molar-refractivity contribution is 5.89. The summed E-state index contributed by atoms with van der Waals surface area (Å²) in [5, 5.41) is 9.97. The highest BCUT2D eigenvalue weighted by atomic mass is 16.2. The van der Waals surface area contributed by atoms with E-state index in [1.54, 1.807) is 35.9 Å². The van der Waals surface area contributed by atoms with Gasteiger partial charge in [-0.2, -0.15) is 5.10 Å². The van der Waals surface area contributed by atoms with Crippen molar-refractivity contribution in [2.45, 2.75) is 57.5 Å². The van der Waals surface area contributed by atoms with E-state index in [-0.39, 0.29) is 23.8 Å². The van der Waals surface area contributed by atoms with E-state index < -0.39 is 0 Å². The maximum Gasteiger partial charge on any atom is 0.225 e. The van der Waals surface area contributed by atoms with Gasteiger partial charge in [0, 0.05) is 58.2 Å². The Kier molecular flexibility index (Phi) is 6.97. The first-order chi connectivity index (χ1) is 11.9. The largest absolute Gasteiger partial charge is 0.353 e. The van der Waals surface area contributed by atoms with Crippen molar-refractivity contribution in [3.63, 3.8) is 0 Å². The molecule has 0 bridgehead atoms. The fourth-order valence-corrected chi connectivity index (χ4v) is 2.80. The number of hydrogen-bond donors (Lipinski definition) is 2. The van der Waals surface area contributed by atoms with E-state index in [2.05, 4.69) is 15.7 Å². The second kappa shape index (κ2) is 9.19. The average Bonchev–Trinajstić information content (AvgIpc) is 3.00. The summed E-state index contributed by atoms with van der Waals surface area (Å²) in [4.78, 5) is 36.4. The van der Waals surface area contributed by atoms with Gasteiger partial charge in [0.25, 0.3) is 0 Å². The normalized spacial score (nSPS) is 17.0. The lowest BCUT2D eigenvalue weighted by atomic mass is 9.99. The molecule has 25 heavy (non-hydrogen) atoms. The molecule has 0 aliphatic carbocycles. The molecular formula is C17H27N5O3. The Balaban J connectivity index is 1.66. The zero-order valence-electron chi connectivity index (χ0n) is 15.0. The molecule has 1 aliphatic rings. The molecule has 2 N–H and O–H groups in total. The van der Waals surface area contributed by atoms with Gasteiger partial charge in [0.2, 0.25) is 17.7 Å². The molecule has 1 atom stereocenters. The predicted molar refractivity (Wildman–Crippen MR) is 93.8 cm³/mol. The van der Waals surface area contributed by atoms with Crippen LogP contribution in [0.4, 0.5) is 5.82 Å². The molecule has 1 saturated heterocycles. The van der Waals surface area contributed by atoms with Gasteiger partial charge in [0.05, 0.1) is 0 Å². The van der Waals surface area contributed by atoms with E-state index in [9.17, 15) is 14.4 Å². The Labute approximate surface area is 147 Å². The number of piperidine rings is 1. The highest BCUT2D eigenvalue weighted by Gasteiger charge is 2.18. The molecule has 138 valence electrons. The van der Waals surface area contributed by atoms with Crippen molar-refractivity contribution >= 4 is 23.5 Å². The molecule has 8 nitrogen and oxygen atoms in total. The molecule has 3 amide bonds. The number of amides is 3. The van der Waals surface area contributed by atoms with E-state index in [4.69, 9.17) is 0 Å². The van der Waals surface area contributed by atoms with Crippen molar-refractivity contribution in [1.82, 2.24) is 20.0 Å². The third-order valence-electron chi connectivity index (χ3n) is 4.24. The number of aryl methyl sites for hydroxylation is 1. The lowest BCUT2D eigenvalue weighted by molar-refractivity contribution is -0.129. The fourth-order valence-electron chi connectivity index (χ4n) is 2.80. The van der Waals surface area contributed by atoms with E-state index >= 15 is 0 Å². The number of rotatable bonds is 8. The van der Waals surface area contributed by atoms with E-state index in [1.807, 2.05) is 0 Å². The van der Waals surface area contributed by atoms with Crippen LogP contribution in [0.5, 0.6) is 0 Å². The monoisotopic (exact) mass is 349 g/mol. The molecule has 0 spiro atoms. The molecule has 0 aromatic carbocycles. The van der Waals surface area contributed by atoms with E-state index in [0.717, 1.165) is 25.7 Å². The molecule has 1 unspecified atom stereocenters. The summed E-state index contributed by atoms with van der Waals surface area (Å²) in [6, 6.07) is 1.92. The van der Waals surface area contributed by atoms with E-state index in [0.29, 0.717) is 31.6 Å². The van der Waals surface area contributed by atoms with Gasteiger partial charge in [-0.15, -0.1) is 0 Å². The lowest BCUT2D eigenvalue weighted by Crippen LogP contribution is -2.38. The van der Waals surface area contributed by atoms with Crippen LogP contribution in [-0.2, 0) is 20.9 Å². The number of aromatic nitrogens is 2. The summed E-state index contributed by atoms with van der Waals surface area (Å²) in [6.45, 7) is 0.480. The number of anilines is 1. The van der Waals surface area contributed by atoms with Crippen LogP contribution >= 0.6 is 0 Å². The average molecular weight is 349 g/mol. The third-order valence-corrected chi connectivity index (χ3v) is 4.24. The standard InChI is InChI=1S/C17H27N5O3/c1-21(2)17(25)10-12-22-11-9-14(20-22)19-16(24)8-4-6-13-5-3-7-15(23)18-13/h9,11,13H,3-8,10,12H2,1-2H3,(H,18,23)(H,19,20,24). The minimum Gasteiger partial charge on any atom is -0.353 e. The molecule has 1 aliphatic heterocycles. The quantitative estimate of drug-likeness (QED) is 0.735. The first-order valence-corrected chi connectivity index (χ1v) is 8.77. The van der Waals surface area contributed by atoms with Gasteiger partial charge in [-0.25, -0.2) is 0 Å². The predicted octanol–water partition coefficient (Wildman–Crippen LogP) is 1.14. The van der Waals surface area contributed by atoms with Gasteiger partial charge >= 0.3 is 0 Å². The smallest absolute Gasteiger partial charge is 0.225 e. The summed E-state index contributed by atoms with van der Waals surface area (Å²) in [6.07, 6.45) is 6.60. The maximum atomic E-state index is 12.0. The maximum absolute atomic E-state index is 12.0. The zero-order chi connectivity index (χ0) is 18.2. The fraction of sp³-hybridized carbons (Fsp3) is 0.647. The van der Waals surface area contributed by atoms with Crippen LogP contribution in [0.2, 0.25) is 0 Å². The van der Waals surface area contributed by atoms with Gasteiger partial charge in [0.1, 0.15) is 0 Å². The number of hydrogen-bond acceptors (Lipinski definition) is 4. The highest BCUT2D eigenvalue weighted by Crippen LogP contribution is 2.14. The zero-order valence-corrected chi connectivity index (χ0v) is 15.0. The van der Waals surface area contributed by atoms with Gasteiger partial charge in [-0.3, -0.25) is 19.1 Å². The molecule has 1 aromatic heterocycles. The van der Waals surface area contributed by atoms with Crippen LogP contribution in [0.15, 0.2) is 12.3 Å². The Bertz CT molecular complexity index is 611. The molecule has 1 fully saturated rings. The number of nitrogens with one attached hydrogen (secondary N) is 2. The third kappa shape index (κ3) is 6.56. The Morgan fingerprint density at radius 3 is 2.92 bits per heavy atom. The van der Waals surface area contributed by atoms with Gasteiger partial charge in [-0.05, 0) is 25.7 Å². The number of carbonyl (C=O) groups is 3. The van der Waals surface area contributed by atoms with Crippen molar-refractivity contribution in [2.75, 3.05) is 19.4 Å². The van der Waals surface area contributed by atoms with Gasteiger partial charge in [0.15, 0.2) is 5.82 Å². The topological polar surface area (TPSA) is 96.3 Å². The van der Waals surface area contributed by atoms with Crippen molar-refractivity contribution in [1.29, 1.82) is 0 Å². The van der Waals surface area contributed by atoms with Crippen LogP contribution in [0.1, 0.15) is 44.9 Å². The number of nitrogens with zero attached hydrogens (tertiary/aromatic N) is 3. The van der Waals surface area contributed by atoms with Crippen molar-refractivity contribution in [3.05, 3.63) is 12.3 Å². The van der Waals surface area contributed by atoms with Crippen LogP contribution in [0.25, 0.3) is 0 Å². The van der Waals surface area contributed by atoms with Crippen molar-refractivity contribution in [2.24, 2.45) is 0 Å². The second-order valence-corrected chi connectivity index (χ2v) is 6.60. The van der Waals surface area contributed by atoms with Crippen LogP contribution in [-0.4, -0.2) is 52.5 Å². The van der Waals surface area contributed by atoms with Crippen molar-refractivity contribution < 1.29 is 14.4 Å². The first-order valence-electron chi connectivity index (χ1n) is 8.77. The minimum atomic E-state index is -0.0863. The lowest BCUT2D eigenvalue weighted by Gasteiger charge is -2.22. The molecule has 0 saturated carbocycles.